The van der Waals surface area contributed by atoms with Gasteiger partial charge in [0.05, 0.1) is 15.9 Å². The topological polar surface area (TPSA) is 29.9 Å². The Bertz CT molecular complexity index is 356. The van der Waals surface area contributed by atoms with Gasteiger partial charge in [-0.05, 0) is 41.7 Å². The summed E-state index contributed by atoms with van der Waals surface area (Å²) in [5.74, 6) is 0.785. The van der Waals surface area contributed by atoms with E-state index in [1.54, 1.807) is 0 Å². The first-order valence-corrected chi connectivity index (χ1v) is 7.91. The Labute approximate surface area is 119 Å². The average molecular weight is 316 g/mol. The lowest BCUT2D eigenvalue weighted by Gasteiger charge is -2.14. The van der Waals surface area contributed by atoms with Crippen LogP contribution >= 0.6 is 15.9 Å². The van der Waals surface area contributed by atoms with Gasteiger partial charge < -0.3 is 5.32 Å². The normalized spacial score (nSPS) is 11.4. The lowest BCUT2D eigenvalue weighted by molar-refractivity contribution is 0.442. The van der Waals surface area contributed by atoms with Crippen molar-refractivity contribution in [2.45, 2.75) is 60.0 Å². The number of nitrogens with zero attached hydrogens (tertiary/aromatic N) is 2. The molecule has 4 heteroatoms. The number of nitrogens with one attached hydrogen (secondary N) is 1. The van der Waals surface area contributed by atoms with Gasteiger partial charge in [0.1, 0.15) is 0 Å². The molecule has 0 aromatic carbocycles. The highest BCUT2D eigenvalue weighted by atomic mass is 79.9. The first-order chi connectivity index (χ1) is 8.67. The highest BCUT2D eigenvalue weighted by Crippen LogP contribution is 2.22. The summed E-state index contributed by atoms with van der Waals surface area (Å²) >= 11 is 3.68. The highest BCUT2D eigenvalue weighted by Gasteiger charge is 2.13. The van der Waals surface area contributed by atoms with Gasteiger partial charge in [0.2, 0.25) is 0 Å². The van der Waals surface area contributed by atoms with Crippen LogP contribution in [0.1, 0.15) is 51.9 Å². The Balaban J connectivity index is 2.63. The summed E-state index contributed by atoms with van der Waals surface area (Å²) < 4.78 is 3.28. The summed E-state index contributed by atoms with van der Waals surface area (Å²) in [6.45, 7) is 11.7. The maximum absolute atomic E-state index is 4.61. The van der Waals surface area contributed by atoms with E-state index in [0.29, 0.717) is 0 Å². The van der Waals surface area contributed by atoms with Crippen molar-refractivity contribution < 1.29 is 0 Å². The average Bonchev–Trinajstić information content (AvgIpc) is 2.71. The third-order valence-electron chi connectivity index (χ3n) is 3.57. The number of aryl methyl sites for hydroxylation is 2. The van der Waals surface area contributed by atoms with Gasteiger partial charge >= 0.3 is 0 Å². The maximum atomic E-state index is 4.61. The molecule has 3 nitrogen and oxygen atoms in total. The van der Waals surface area contributed by atoms with E-state index < -0.39 is 0 Å². The number of aromatic nitrogens is 2. The summed E-state index contributed by atoms with van der Waals surface area (Å²) in [5.41, 5.74) is 2.44. The fourth-order valence-corrected chi connectivity index (χ4v) is 2.86. The molecule has 0 unspecified atom stereocenters. The lowest BCUT2D eigenvalue weighted by atomic mass is 10.0. The predicted molar refractivity (Wildman–Crippen MR) is 80.8 cm³/mol. The number of halogens is 1. The van der Waals surface area contributed by atoms with Crippen LogP contribution < -0.4 is 5.32 Å². The second-order valence-electron chi connectivity index (χ2n) is 4.69. The summed E-state index contributed by atoms with van der Waals surface area (Å²) in [7, 11) is 0. The van der Waals surface area contributed by atoms with Crippen molar-refractivity contribution in [3.63, 3.8) is 0 Å². The van der Waals surface area contributed by atoms with E-state index in [1.807, 2.05) is 0 Å². The second kappa shape index (κ2) is 7.95. The van der Waals surface area contributed by atoms with E-state index in [0.717, 1.165) is 37.7 Å². The predicted octanol–water partition coefficient (Wildman–Crippen LogP) is 3.75. The molecule has 104 valence electrons. The van der Waals surface area contributed by atoms with E-state index in [1.165, 1.54) is 23.0 Å². The van der Waals surface area contributed by atoms with Crippen LogP contribution in [0.3, 0.4) is 0 Å². The first kappa shape index (κ1) is 15.7. The van der Waals surface area contributed by atoms with E-state index in [2.05, 4.69) is 58.7 Å². The van der Waals surface area contributed by atoms with Gasteiger partial charge in [-0.1, -0.05) is 33.6 Å². The molecule has 0 spiro atoms. The van der Waals surface area contributed by atoms with Crippen LogP contribution in [-0.4, -0.2) is 16.3 Å². The number of hydrogen-bond acceptors (Lipinski definition) is 2. The third-order valence-corrected chi connectivity index (χ3v) is 4.49. The minimum absolute atomic E-state index is 0.785. The third kappa shape index (κ3) is 3.82. The maximum Gasteiger partial charge on any atom is 0.0767 e. The zero-order valence-electron chi connectivity index (χ0n) is 12.1. The van der Waals surface area contributed by atoms with Crippen molar-refractivity contribution >= 4 is 15.9 Å². The molecular formula is C14H26BrN3. The van der Waals surface area contributed by atoms with Gasteiger partial charge in [0.15, 0.2) is 0 Å². The molecule has 0 aliphatic rings. The molecule has 0 fully saturated rings. The fourth-order valence-electron chi connectivity index (χ4n) is 2.16. The van der Waals surface area contributed by atoms with Crippen molar-refractivity contribution in [1.29, 1.82) is 0 Å². The van der Waals surface area contributed by atoms with Crippen molar-refractivity contribution in [3.05, 3.63) is 15.9 Å². The fraction of sp³-hybridized carbons (Fsp3) is 0.786. The summed E-state index contributed by atoms with van der Waals surface area (Å²) in [6.07, 6.45) is 3.48. The van der Waals surface area contributed by atoms with Gasteiger partial charge in [-0.2, -0.15) is 5.10 Å². The Morgan fingerprint density at radius 1 is 1.22 bits per heavy atom. The Kier molecular flexibility index (Phi) is 6.94. The van der Waals surface area contributed by atoms with Crippen LogP contribution in [0.4, 0.5) is 0 Å². The van der Waals surface area contributed by atoms with Crippen LogP contribution in [0.15, 0.2) is 4.47 Å². The van der Waals surface area contributed by atoms with Crippen molar-refractivity contribution in [3.8, 4) is 0 Å². The second-order valence-corrected chi connectivity index (χ2v) is 5.48. The SMILES string of the molecule is CCc1nn(CC)c(CNCC(CC)CC)c1Br. The zero-order valence-corrected chi connectivity index (χ0v) is 13.7. The Morgan fingerprint density at radius 3 is 2.39 bits per heavy atom. The van der Waals surface area contributed by atoms with Gasteiger partial charge in [0.25, 0.3) is 0 Å². The smallest absolute Gasteiger partial charge is 0.0767 e. The molecule has 0 saturated heterocycles. The molecule has 0 atom stereocenters. The highest BCUT2D eigenvalue weighted by molar-refractivity contribution is 9.10. The van der Waals surface area contributed by atoms with Crippen LogP contribution in [0.25, 0.3) is 0 Å². The molecule has 0 saturated carbocycles. The minimum atomic E-state index is 0.785. The standard InChI is InChI=1S/C14H26BrN3/c1-5-11(6-2)9-16-10-13-14(15)12(7-3)17-18(13)8-4/h11,16H,5-10H2,1-4H3. The molecule has 1 rings (SSSR count). The van der Waals surface area contributed by atoms with Gasteiger partial charge in [-0.25, -0.2) is 0 Å². The largest absolute Gasteiger partial charge is 0.311 e. The molecule has 0 aliphatic carbocycles. The molecular weight excluding hydrogens is 290 g/mol. The molecule has 1 aromatic heterocycles. The van der Waals surface area contributed by atoms with E-state index in [4.69, 9.17) is 0 Å². The number of rotatable bonds is 8. The van der Waals surface area contributed by atoms with Crippen LogP contribution in [0.5, 0.6) is 0 Å². The van der Waals surface area contributed by atoms with E-state index >= 15 is 0 Å². The molecule has 0 aliphatic heterocycles. The lowest BCUT2D eigenvalue weighted by Crippen LogP contribution is -2.23. The zero-order chi connectivity index (χ0) is 13.5. The van der Waals surface area contributed by atoms with Crippen molar-refractivity contribution in [2.24, 2.45) is 5.92 Å². The van der Waals surface area contributed by atoms with Crippen molar-refractivity contribution in [2.75, 3.05) is 6.54 Å². The quantitative estimate of drug-likeness (QED) is 0.791. The summed E-state index contributed by atoms with van der Waals surface area (Å²) in [5, 5.41) is 8.18. The molecule has 0 radical (unpaired) electrons. The van der Waals surface area contributed by atoms with E-state index in [-0.39, 0.29) is 0 Å². The molecule has 1 aromatic rings. The monoisotopic (exact) mass is 315 g/mol. The molecule has 0 bridgehead atoms. The Morgan fingerprint density at radius 2 is 1.89 bits per heavy atom. The van der Waals surface area contributed by atoms with Gasteiger partial charge in [-0.3, -0.25) is 4.68 Å². The van der Waals surface area contributed by atoms with E-state index in [9.17, 15) is 0 Å². The van der Waals surface area contributed by atoms with Gasteiger partial charge in [-0.15, -0.1) is 0 Å². The van der Waals surface area contributed by atoms with Crippen LogP contribution in [0.2, 0.25) is 0 Å². The molecule has 0 amide bonds. The molecule has 18 heavy (non-hydrogen) atoms. The summed E-state index contributed by atoms with van der Waals surface area (Å²) in [4.78, 5) is 0. The Hall–Kier alpha value is -0.350. The van der Waals surface area contributed by atoms with Crippen LogP contribution in [-0.2, 0) is 19.5 Å². The van der Waals surface area contributed by atoms with Crippen molar-refractivity contribution in [1.82, 2.24) is 15.1 Å². The molecule has 1 heterocycles. The minimum Gasteiger partial charge on any atom is -0.311 e. The van der Waals surface area contributed by atoms with Gasteiger partial charge in [0, 0.05) is 13.1 Å². The summed E-state index contributed by atoms with van der Waals surface area (Å²) in [6, 6.07) is 0. The number of hydrogen-bond donors (Lipinski definition) is 1. The molecule has 1 N–H and O–H groups in total. The first-order valence-electron chi connectivity index (χ1n) is 7.12. The van der Waals surface area contributed by atoms with Crippen LogP contribution in [0, 0.1) is 5.92 Å².